The van der Waals surface area contributed by atoms with E-state index < -0.39 is 5.60 Å². The summed E-state index contributed by atoms with van der Waals surface area (Å²) in [5.74, 6) is -0.0740. The summed E-state index contributed by atoms with van der Waals surface area (Å²) in [4.78, 5) is 31.9. The van der Waals surface area contributed by atoms with Gasteiger partial charge in [-0.3, -0.25) is 4.79 Å². The van der Waals surface area contributed by atoms with E-state index in [1.807, 2.05) is 45.9 Å². The normalized spacial score (nSPS) is 15.2. The van der Waals surface area contributed by atoms with Gasteiger partial charge in [-0.05, 0) is 46.1 Å². The highest BCUT2D eigenvalue weighted by atomic mass is 32.1. The maximum atomic E-state index is 12.8. The van der Waals surface area contributed by atoms with Crippen molar-refractivity contribution in [3.63, 3.8) is 0 Å². The molecule has 0 unspecified atom stereocenters. The van der Waals surface area contributed by atoms with E-state index in [1.165, 1.54) is 16.9 Å². The molecule has 0 spiro atoms. The van der Waals surface area contributed by atoms with E-state index >= 15 is 0 Å². The van der Waals surface area contributed by atoms with Crippen LogP contribution >= 0.6 is 11.3 Å². The van der Waals surface area contributed by atoms with Gasteiger partial charge in [0.05, 0.1) is 10.7 Å². The summed E-state index contributed by atoms with van der Waals surface area (Å²) in [6.07, 6.45) is 1.89. The Balaban J connectivity index is 1.53. The second-order valence-corrected chi connectivity index (χ2v) is 9.48. The number of amides is 2. The molecule has 1 N–H and O–H groups in total. The molecule has 7 heteroatoms. The van der Waals surface area contributed by atoms with Crippen LogP contribution in [-0.2, 0) is 11.2 Å². The first-order valence-electron chi connectivity index (χ1n) is 10.0. The van der Waals surface area contributed by atoms with Crippen LogP contribution in [0.4, 0.5) is 4.79 Å². The highest BCUT2D eigenvalue weighted by molar-refractivity contribution is 7.13. The second kappa shape index (κ2) is 8.95. The zero-order valence-electron chi connectivity index (χ0n) is 17.5. The first-order valence-corrected chi connectivity index (χ1v) is 10.8. The number of piperidine rings is 1. The molecule has 156 valence electrons. The largest absolute Gasteiger partial charge is 0.444 e. The van der Waals surface area contributed by atoms with Gasteiger partial charge in [0.25, 0.3) is 5.91 Å². The summed E-state index contributed by atoms with van der Waals surface area (Å²) in [7, 11) is 0. The lowest BCUT2D eigenvalue weighted by Crippen LogP contribution is -2.47. The maximum Gasteiger partial charge on any atom is 0.410 e. The number of rotatable bonds is 4. The molecular formula is C22H29N3O3S. The van der Waals surface area contributed by atoms with Crippen molar-refractivity contribution in [2.24, 2.45) is 0 Å². The van der Waals surface area contributed by atoms with Crippen LogP contribution in [0.5, 0.6) is 0 Å². The van der Waals surface area contributed by atoms with Gasteiger partial charge in [0.2, 0.25) is 0 Å². The molecule has 1 saturated heterocycles. The van der Waals surface area contributed by atoms with Gasteiger partial charge in [-0.1, -0.05) is 30.3 Å². The van der Waals surface area contributed by atoms with E-state index in [4.69, 9.17) is 4.74 Å². The molecule has 0 atom stereocenters. The number of likely N-dealkylation sites (tertiary alicyclic amines) is 1. The van der Waals surface area contributed by atoms with Crippen LogP contribution in [0.15, 0.2) is 30.3 Å². The number of hydrogen-bond donors (Lipinski definition) is 1. The Kier molecular flexibility index (Phi) is 6.57. The number of aromatic nitrogens is 1. The molecule has 1 aromatic carbocycles. The average Bonchev–Trinajstić information content (AvgIpc) is 3.02. The Hall–Kier alpha value is -2.41. The van der Waals surface area contributed by atoms with Gasteiger partial charge in [-0.15, -0.1) is 11.3 Å². The number of benzene rings is 1. The van der Waals surface area contributed by atoms with Gasteiger partial charge in [0, 0.05) is 25.6 Å². The van der Waals surface area contributed by atoms with Crippen LogP contribution in [0.2, 0.25) is 0 Å². The number of aryl methyl sites for hydroxylation is 1. The number of nitrogens with zero attached hydrogens (tertiary/aromatic N) is 2. The predicted octanol–water partition coefficient (Wildman–Crippen LogP) is 4.17. The lowest BCUT2D eigenvalue weighted by molar-refractivity contribution is 0.0200. The SMILES string of the molecule is Cc1nc(Cc2ccccc2)sc1C(=O)NC1CCN(C(=O)OC(C)(C)C)CC1. The summed E-state index contributed by atoms with van der Waals surface area (Å²) in [6, 6.07) is 10.2. The minimum atomic E-state index is -0.497. The van der Waals surface area contributed by atoms with Gasteiger partial charge >= 0.3 is 6.09 Å². The Labute approximate surface area is 176 Å². The quantitative estimate of drug-likeness (QED) is 0.813. The van der Waals surface area contributed by atoms with Crippen molar-refractivity contribution < 1.29 is 14.3 Å². The monoisotopic (exact) mass is 415 g/mol. The number of carbonyl (C=O) groups is 2. The van der Waals surface area contributed by atoms with E-state index in [0.717, 1.165) is 30.0 Å². The maximum absolute atomic E-state index is 12.8. The van der Waals surface area contributed by atoms with E-state index in [1.54, 1.807) is 4.90 Å². The summed E-state index contributed by atoms with van der Waals surface area (Å²) in [6.45, 7) is 8.64. The standard InChI is InChI=1S/C22H29N3O3S/c1-15-19(29-18(23-15)14-16-8-6-5-7-9-16)20(26)24-17-10-12-25(13-11-17)21(27)28-22(2,3)4/h5-9,17H,10-14H2,1-4H3,(H,24,26). The number of nitrogens with one attached hydrogen (secondary N) is 1. The van der Waals surface area contributed by atoms with Gasteiger partial charge in [-0.2, -0.15) is 0 Å². The zero-order chi connectivity index (χ0) is 21.0. The van der Waals surface area contributed by atoms with E-state index in [2.05, 4.69) is 22.4 Å². The van der Waals surface area contributed by atoms with E-state index in [-0.39, 0.29) is 18.0 Å². The molecule has 1 aromatic heterocycles. The van der Waals surface area contributed by atoms with Crippen molar-refractivity contribution in [2.45, 2.75) is 58.6 Å². The summed E-state index contributed by atoms with van der Waals surface area (Å²) in [5, 5.41) is 4.06. The fourth-order valence-electron chi connectivity index (χ4n) is 3.29. The highest BCUT2D eigenvalue weighted by Crippen LogP contribution is 2.22. The van der Waals surface area contributed by atoms with Crippen LogP contribution in [0, 0.1) is 6.92 Å². The molecule has 1 aliphatic rings. The zero-order valence-corrected chi connectivity index (χ0v) is 18.3. The summed E-state index contributed by atoms with van der Waals surface area (Å²) >= 11 is 1.46. The molecule has 2 heterocycles. The predicted molar refractivity (Wildman–Crippen MR) is 114 cm³/mol. The molecular weight excluding hydrogens is 386 g/mol. The third-order valence-electron chi connectivity index (χ3n) is 4.73. The molecule has 29 heavy (non-hydrogen) atoms. The van der Waals surface area contributed by atoms with Crippen molar-refractivity contribution in [2.75, 3.05) is 13.1 Å². The van der Waals surface area contributed by atoms with Crippen molar-refractivity contribution in [1.29, 1.82) is 0 Å². The topological polar surface area (TPSA) is 71.5 Å². The van der Waals surface area contributed by atoms with Gasteiger partial charge in [0.1, 0.15) is 10.5 Å². The van der Waals surface area contributed by atoms with Crippen LogP contribution in [0.25, 0.3) is 0 Å². The second-order valence-electron chi connectivity index (χ2n) is 8.40. The summed E-state index contributed by atoms with van der Waals surface area (Å²) < 4.78 is 5.42. The molecule has 1 aliphatic heterocycles. The van der Waals surface area contributed by atoms with Crippen molar-refractivity contribution >= 4 is 23.3 Å². The average molecular weight is 416 g/mol. The van der Waals surface area contributed by atoms with Crippen LogP contribution < -0.4 is 5.32 Å². The molecule has 0 bridgehead atoms. The lowest BCUT2D eigenvalue weighted by Gasteiger charge is -2.33. The highest BCUT2D eigenvalue weighted by Gasteiger charge is 2.28. The minimum Gasteiger partial charge on any atom is -0.444 e. The fourth-order valence-corrected chi connectivity index (χ4v) is 4.29. The van der Waals surface area contributed by atoms with Crippen LogP contribution in [-0.4, -0.2) is 46.6 Å². The van der Waals surface area contributed by atoms with Gasteiger partial charge in [0.15, 0.2) is 0 Å². The minimum absolute atomic E-state index is 0.0558. The van der Waals surface area contributed by atoms with Crippen molar-refractivity contribution in [3.8, 4) is 0 Å². The van der Waals surface area contributed by atoms with E-state index in [0.29, 0.717) is 18.0 Å². The Morgan fingerprint density at radius 3 is 2.48 bits per heavy atom. The van der Waals surface area contributed by atoms with Gasteiger partial charge in [-0.25, -0.2) is 9.78 Å². The smallest absolute Gasteiger partial charge is 0.410 e. The Bertz CT molecular complexity index is 850. The van der Waals surface area contributed by atoms with Crippen molar-refractivity contribution in [1.82, 2.24) is 15.2 Å². The van der Waals surface area contributed by atoms with Gasteiger partial charge < -0.3 is 15.0 Å². The molecule has 2 aromatic rings. The van der Waals surface area contributed by atoms with Crippen LogP contribution in [0.1, 0.15) is 59.5 Å². The molecule has 1 fully saturated rings. The van der Waals surface area contributed by atoms with E-state index in [9.17, 15) is 9.59 Å². The molecule has 0 saturated carbocycles. The Morgan fingerprint density at radius 1 is 1.21 bits per heavy atom. The van der Waals surface area contributed by atoms with Crippen molar-refractivity contribution in [3.05, 3.63) is 51.5 Å². The number of thiazole rings is 1. The third kappa shape index (κ3) is 6.03. The first-order chi connectivity index (χ1) is 13.7. The van der Waals surface area contributed by atoms with Crippen LogP contribution in [0.3, 0.4) is 0 Å². The molecule has 0 aliphatic carbocycles. The molecule has 2 amide bonds. The number of ether oxygens (including phenoxy) is 1. The Morgan fingerprint density at radius 2 is 1.86 bits per heavy atom. The molecule has 0 radical (unpaired) electrons. The molecule has 3 rings (SSSR count). The first kappa shape index (κ1) is 21.3. The number of hydrogen-bond acceptors (Lipinski definition) is 5. The fraction of sp³-hybridized carbons (Fsp3) is 0.500. The molecule has 6 nitrogen and oxygen atoms in total. The third-order valence-corrected chi connectivity index (χ3v) is 5.88. The number of carbonyl (C=O) groups excluding carboxylic acids is 2. The lowest BCUT2D eigenvalue weighted by atomic mass is 10.1. The summed E-state index contributed by atoms with van der Waals surface area (Å²) in [5.41, 5.74) is 1.45.